The molecule has 0 aliphatic heterocycles. The van der Waals surface area contributed by atoms with Gasteiger partial charge in [-0.05, 0) is 36.8 Å². The Hall–Kier alpha value is -3.74. The summed E-state index contributed by atoms with van der Waals surface area (Å²) < 4.78 is 21.7. The lowest BCUT2D eigenvalue weighted by Gasteiger charge is -2.16. The van der Waals surface area contributed by atoms with Gasteiger partial charge in [0.25, 0.3) is 5.91 Å². The number of furan rings is 1. The Morgan fingerprint density at radius 1 is 0.968 bits per heavy atom. The fourth-order valence-corrected chi connectivity index (χ4v) is 2.98. The molecule has 3 rings (SSSR count). The molecule has 0 saturated heterocycles. The van der Waals surface area contributed by atoms with Gasteiger partial charge in [0, 0.05) is 6.42 Å². The topological polar surface area (TPSA) is 87.0 Å². The van der Waals surface area contributed by atoms with Crippen molar-refractivity contribution in [2.24, 2.45) is 0 Å². The summed E-state index contributed by atoms with van der Waals surface area (Å²) in [5, 5.41) is 2.70. The van der Waals surface area contributed by atoms with Crippen LogP contribution in [-0.2, 0) is 22.6 Å². The van der Waals surface area contributed by atoms with Gasteiger partial charge in [-0.15, -0.1) is 0 Å². The van der Waals surface area contributed by atoms with Crippen LogP contribution in [0.2, 0.25) is 0 Å². The van der Waals surface area contributed by atoms with Gasteiger partial charge in [0.15, 0.2) is 17.3 Å². The molecule has 2 aromatic carbocycles. The molecular formula is C24H25NO6. The van der Waals surface area contributed by atoms with E-state index in [-0.39, 0.29) is 19.0 Å². The molecule has 0 fully saturated rings. The lowest BCUT2D eigenvalue weighted by Crippen LogP contribution is -2.43. The Morgan fingerprint density at radius 2 is 1.68 bits per heavy atom. The molecule has 1 heterocycles. The number of methoxy groups -OCH3 is 1. The molecular weight excluding hydrogens is 398 g/mol. The summed E-state index contributed by atoms with van der Waals surface area (Å²) in [6.07, 6.45) is 0.315. The summed E-state index contributed by atoms with van der Waals surface area (Å²) in [5.41, 5.74) is 0.909. The molecule has 0 aliphatic rings. The van der Waals surface area contributed by atoms with Gasteiger partial charge in [0.05, 0.1) is 13.7 Å². The van der Waals surface area contributed by atoms with Crippen LogP contribution in [0.3, 0.4) is 0 Å². The van der Waals surface area contributed by atoms with Crippen molar-refractivity contribution in [1.82, 2.24) is 5.32 Å². The zero-order valence-corrected chi connectivity index (χ0v) is 17.5. The van der Waals surface area contributed by atoms with Crippen LogP contribution < -0.4 is 14.8 Å². The summed E-state index contributed by atoms with van der Waals surface area (Å²) in [5.74, 6) is 0.721. The number of carbonyl (C=O) groups excluding carboxylic acids is 2. The molecule has 7 heteroatoms. The fraction of sp³-hybridized carbons (Fsp3) is 0.250. The number of nitrogens with one attached hydrogen (secondary N) is 1. The second-order valence-corrected chi connectivity index (χ2v) is 6.67. The summed E-state index contributed by atoms with van der Waals surface area (Å²) in [7, 11) is 1.56. The predicted molar refractivity (Wildman–Crippen MR) is 114 cm³/mol. The Morgan fingerprint density at radius 3 is 2.39 bits per heavy atom. The van der Waals surface area contributed by atoms with Gasteiger partial charge in [0.1, 0.15) is 18.4 Å². The van der Waals surface area contributed by atoms with Gasteiger partial charge in [-0.2, -0.15) is 0 Å². The van der Waals surface area contributed by atoms with E-state index in [1.807, 2.05) is 42.5 Å². The smallest absolute Gasteiger partial charge is 0.328 e. The highest BCUT2D eigenvalue weighted by Crippen LogP contribution is 2.26. The van der Waals surface area contributed by atoms with Crippen LogP contribution in [0.5, 0.6) is 11.5 Å². The SMILES string of the molecule is CCOC(=O)C(Cc1ccccc1)NC(=O)c1ccc(COc2ccccc2OC)o1. The van der Waals surface area contributed by atoms with E-state index < -0.39 is 17.9 Å². The molecule has 31 heavy (non-hydrogen) atoms. The summed E-state index contributed by atoms with van der Waals surface area (Å²) in [6.45, 7) is 2.07. The first-order valence-corrected chi connectivity index (χ1v) is 9.96. The molecule has 0 aliphatic carbocycles. The number of para-hydroxylation sites is 2. The van der Waals surface area contributed by atoms with E-state index in [1.165, 1.54) is 0 Å². The van der Waals surface area contributed by atoms with Crippen LogP contribution in [0.15, 0.2) is 71.1 Å². The Labute approximate surface area is 180 Å². The first kappa shape index (κ1) is 22.0. The van der Waals surface area contributed by atoms with E-state index in [0.29, 0.717) is 23.7 Å². The number of ether oxygens (including phenoxy) is 3. The number of amides is 1. The van der Waals surface area contributed by atoms with Gasteiger partial charge >= 0.3 is 5.97 Å². The van der Waals surface area contributed by atoms with Crippen molar-refractivity contribution in [3.05, 3.63) is 83.8 Å². The van der Waals surface area contributed by atoms with Crippen molar-refractivity contribution in [3.63, 3.8) is 0 Å². The van der Waals surface area contributed by atoms with E-state index in [1.54, 1.807) is 38.3 Å². The minimum Gasteiger partial charge on any atom is -0.493 e. The summed E-state index contributed by atoms with van der Waals surface area (Å²) >= 11 is 0. The van der Waals surface area contributed by atoms with E-state index in [2.05, 4.69) is 5.32 Å². The molecule has 0 saturated carbocycles. The second kappa shape index (κ2) is 10.9. The molecule has 3 aromatic rings. The molecule has 7 nitrogen and oxygen atoms in total. The average molecular weight is 423 g/mol. The van der Waals surface area contributed by atoms with E-state index in [4.69, 9.17) is 18.6 Å². The van der Waals surface area contributed by atoms with Crippen LogP contribution in [-0.4, -0.2) is 31.6 Å². The quantitative estimate of drug-likeness (QED) is 0.500. The highest BCUT2D eigenvalue weighted by molar-refractivity contribution is 5.94. The van der Waals surface area contributed by atoms with Crippen molar-refractivity contribution in [2.75, 3.05) is 13.7 Å². The molecule has 0 radical (unpaired) electrons. The number of carbonyl (C=O) groups is 2. The highest BCUT2D eigenvalue weighted by Gasteiger charge is 2.24. The maximum absolute atomic E-state index is 12.7. The zero-order valence-electron chi connectivity index (χ0n) is 17.5. The van der Waals surface area contributed by atoms with Crippen LogP contribution >= 0.6 is 0 Å². The van der Waals surface area contributed by atoms with Crippen molar-refractivity contribution >= 4 is 11.9 Å². The van der Waals surface area contributed by atoms with Gasteiger partial charge in [-0.1, -0.05) is 42.5 Å². The maximum Gasteiger partial charge on any atom is 0.328 e. The van der Waals surface area contributed by atoms with Crippen LogP contribution in [0.25, 0.3) is 0 Å². The first-order valence-electron chi connectivity index (χ1n) is 9.96. The van der Waals surface area contributed by atoms with Crippen molar-refractivity contribution in [1.29, 1.82) is 0 Å². The molecule has 1 unspecified atom stereocenters. The maximum atomic E-state index is 12.7. The minimum absolute atomic E-state index is 0.0842. The third kappa shape index (κ3) is 6.12. The molecule has 1 atom stereocenters. The van der Waals surface area contributed by atoms with Crippen molar-refractivity contribution < 1.29 is 28.2 Å². The fourth-order valence-electron chi connectivity index (χ4n) is 2.98. The van der Waals surface area contributed by atoms with Gasteiger partial charge in [0.2, 0.25) is 0 Å². The Balaban J connectivity index is 1.64. The van der Waals surface area contributed by atoms with Gasteiger partial charge in [-0.25, -0.2) is 4.79 Å². The van der Waals surface area contributed by atoms with Crippen LogP contribution in [0.4, 0.5) is 0 Å². The number of esters is 1. The standard InChI is InChI=1S/C24H25NO6/c1-3-29-24(27)19(15-17-9-5-4-6-10-17)25-23(26)22-14-13-18(31-22)16-30-21-12-8-7-11-20(21)28-2/h4-14,19H,3,15-16H2,1-2H3,(H,25,26). The summed E-state index contributed by atoms with van der Waals surface area (Å²) in [4.78, 5) is 25.0. The third-order valence-corrected chi connectivity index (χ3v) is 4.48. The van der Waals surface area contributed by atoms with E-state index in [0.717, 1.165) is 5.56 Å². The van der Waals surface area contributed by atoms with Crippen molar-refractivity contribution in [3.8, 4) is 11.5 Å². The molecule has 0 spiro atoms. The average Bonchev–Trinajstić information content (AvgIpc) is 3.27. The summed E-state index contributed by atoms with van der Waals surface area (Å²) in [6, 6.07) is 19.0. The van der Waals surface area contributed by atoms with Gasteiger partial charge < -0.3 is 23.9 Å². The third-order valence-electron chi connectivity index (χ3n) is 4.48. The Bertz CT molecular complexity index is 998. The monoisotopic (exact) mass is 423 g/mol. The molecule has 1 amide bonds. The molecule has 0 bridgehead atoms. The van der Waals surface area contributed by atoms with E-state index >= 15 is 0 Å². The van der Waals surface area contributed by atoms with Crippen LogP contribution in [0, 0.1) is 0 Å². The highest BCUT2D eigenvalue weighted by atomic mass is 16.5. The lowest BCUT2D eigenvalue weighted by molar-refractivity contribution is -0.145. The Kier molecular flexibility index (Phi) is 7.70. The first-order chi connectivity index (χ1) is 15.1. The zero-order chi connectivity index (χ0) is 22.1. The lowest BCUT2D eigenvalue weighted by atomic mass is 10.1. The number of rotatable bonds is 10. The van der Waals surface area contributed by atoms with Crippen molar-refractivity contribution in [2.45, 2.75) is 26.0 Å². The van der Waals surface area contributed by atoms with Gasteiger partial charge in [-0.3, -0.25) is 4.79 Å². The van der Waals surface area contributed by atoms with E-state index in [9.17, 15) is 9.59 Å². The number of benzene rings is 2. The predicted octanol–water partition coefficient (Wildman–Crippen LogP) is 3.77. The molecule has 1 aromatic heterocycles. The largest absolute Gasteiger partial charge is 0.493 e. The number of hydrogen-bond donors (Lipinski definition) is 1. The number of hydrogen-bond acceptors (Lipinski definition) is 6. The second-order valence-electron chi connectivity index (χ2n) is 6.67. The molecule has 162 valence electrons. The molecule has 1 N–H and O–H groups in total. The minimum atomic E-state index is -0.826. The van der Waals surface area contributed by atoms with Crippen LogP contribution in [0.1, 0.15) is 28.8 Å². The normalized spacial score (nSPS) is 11.4.